The van der Waals surface area contributed by atoms with Gasteiger partial charge < -0.3 is 20.9 Å². The van der Waals surface area contributed by atoms with Crippen molar-refractivity contribution in [2.24, 2.45) is 0 Å². The van der Waals surface area contributed by atoms with Crippen molar-refractivity contribution in [2.45, 2.75) is 25.9 Å². The van der Waals surface area contributed by atoms with Crippen molar-refractivity contribution in [3.05, 3.63) is 86.7 Å². The molecular weight excluding hydrogens is 502 g/mol. The Labute approximate surface area is 227 Å². The Morgan fingerprint density at radius 1 is 1.08 bits per heavy atom. The van der Waals surface area contributed by atoms with E-state index in [0.717, 1.165) is 53.9 Å². The average molecular weight is 534 g/mol. The third-order valence-electron chi connectivity index (χ3n) is 6.97. The molecule has 3 heterocycles. The van der Waals surface area contributed by atoms with E-state index in [4.69, 9.17) is 17.3 Å². The number of carbonyl (C=O) groups excluding carboxylic acids is 1. The van der Waals surface area contributed by atoms with Crippen LogP contribution in [0.4, 0.5) is 11.5 Å². The van der Waals surface area contributed by atoms with E-state index in [2.05, 4.69) is 57.5 Å². The number of carbonyl (C=O) groups is 1. The number of nitrogens with two attached hydrogens (primary N) is 1. The molecule has 1 saturated heterocycles. The Balaban J connectivity index is 1.17. The molecule has 1 aliphatic rings. The Hall–Kier alpha value is -2.97. The Bertz CT molecular complexity index is 1400. The molecule has 0 aliphatic carbocycles. The number of anilines is 2. The van der Waals surface area contributed by atoms with Gasteiger partial charge in [0.2, 0.25) is 0 Å². The molecule has 6 nitrogen and oxygen atoms in total. The largest absolute Gasteiger partial charge is 0.383 e. The first kappa shape index (κ1) is 25.7. The normalized spacial score (nSPS) is 14.4. The van der Waals surface area contributed by atoms with Crippen molar-refractivity contribution < 1.29 is 4.79 Å². The summed E-state index contributed by atoms with van der Waals surface area (Å²) in [5.41, 5.74) is 9.63. The first-order valence-electron chi connectivity index (χ1n) is 12.6. The predicted octanol–water partition coefficient (Wildman–Crippen LogP) is 5.39. The van der Waals surface area contributed by atoms with Crippen LogP contribution in [0.3, 0.4) is 0 Å². The lowest BCUT2D eigenvalue weighted by molar-refractivity contribution is 0.0986. The van der Waals surface area contributed by atoms with Crippen molar-refractivity contribution in [2.75, 3.05) is 43.9 Å². The van der Waals surface area contributed by atoms with Crippen LogP contribution in [-0.4, -0.2) is 48.9 Å². The molecule has 2 aromatic carbocycles. The molecule has 0 saturated carbocycles. The maximum atomic E-state index is 12.9. The second-order valence-corrected chi connectivity index (χ2v) is 11.1. The molecule has 1 fully saturated rings. The lowest BCUT2D eigenvalue weighted by atomic mass is 10.0. The maximum absolute atomic E-state index is 12.9. The zero-order valence-corrected chi connectivity index (χ0v) is 22.6. The minimum absolute atomic E-state index is 0.118. The molecule has 4 aromatic rings. The number of hydrogen-bond acceptors (Lipinski definition) is 7. The molecule has 3 N–H and O–H groups in total. The summed E-state index contributed by atoms with van der Waals surface area (Å²) in [6.45, 7) is 5.63. The zero-order chi connectivity index (χ0) is 25.8. The topological polar surface area (TPSA) is 74.5 Å². The van der Waals surface area contributed by atoms with Gasteiger partial charge in [0.05, 0.1) is 9.90 Å². The van der Waals surface area contributed by atoms with Crippen molar-refractivity contribution in [1.82, 2.24) is 15.2 Å². The van der Waals surface area contributed by atoms with Crippen molar-refractivity contribution in [3.8, 4) is 0 Å². The van der Waals surface area contributed by atoms with E-state index >= 15 is 0 Å². The number of rotatable bonds is 9. The number of para-hydroxylation sites is 1. The van der Waals surface area contributed by atoms with Gasteiger partial charge >= 0.3 is 0 Å². The summed E-state index contributed by atoms with van der Waals surface area (Å²) in [7, 11) is 2.17. The summed E-state index contributed by atoms with van der Waals surface area (Å²) in [5.74, 6) is 0.644. The molecule has 0 amide bonds. The number of likely N-dealkylation sites (N-methyl/N-ethyl adjacent to an activating group) is 1. The van der Waals surface area contributed by atoms with E-state index in [0.29, 0.717) is 35.1 Å². The van der Waals surface area contributed by atoms with Crippen LogP contribution in [0, 0.1) is 0 Å². The van der Waals surface area contributed by atoms with Gasteiger partial charge in [-0.1, -0.05) is 48.0 Å². The standard InChI is InChI=1S/C29H32ClN5OS/c1-34-12-14-35(15-13-34)25-5-3-2-4-22(25)18-32-19-28-24(30)17-27(37-28)26(36)9-7-20-6-8-23-21(16-20)10-11-33-29(23)31/h2-6,8,10-11,16-17,32H,7,9,12-15,18-19H2,1H3,(H2,31,33). The van der Waals surface area contributed by atoms with Crippen LogP contribution in [0.5, 0.6) is 0 Å². The SMILES string of the molecule is CN1CCN(c2ccccc2CNCc2sc(C(=O)CCc3ccc4c(N)nccc4c3)cc2Cl)CC1. The van der Waals surface area contributed by atoms with Crippen LogP contribution in [0.2, 0.25) is 5.02 Å². The fraction of sp³-hybridized carbons (Fsp3) is 0.310. The van der Waals surface area contributed by atoms with Gasteiger partial charge in [-0.2, -0.15) is 0 Å². The molecule has 0 radical (unpaired) electrons. The van der Waals surface area contributed by atoms with E-state index in [1.54, 1.807) is 6.20 Å². The number of ketones is 1. The maximum Gasteiger partial charge on any atom is 0.173 e. The number of pyridine rings is 1. The van der Waals surface area contributed by atoms with Crippen molar-refractivity contribution in [1.29, 1.82) is 0 Å². The van der Waals surface area contributed by atoms with Gasteiger partial charge in [-0.05, 0) is 48.2 Å². The lowest BCUT2D eigenvalue weighted by Gasteiger charge is -2.35. The summed E-state index contributed by atoms with van der Waals surface area (Å²) < 4.78 is 0. The van der Waals surface area contributed by atoms with E-state index in [1.165, 1.54) is 22.6 Å². The molecule has 0 atom stereocenters. The number of fused-ring (bicyclic) bond motifs is 1. The minimum Gasteiger partial charge on any atom is -0.383 e. The first-order chi connectivity index (χ1) is 18.0. The summed E-state index contributed by atoms with van der Waals surface area (Å²) >= 11 is 8.01. The van der Waals surface area contributed by atoms with Crippen LogP contribution < -0.4 is 16.0 Å². The molecule has 0 bridgehead atoms. The van der Waals surface area contributed by atoms with Crippen LogP contribution in [0.15, 0.2) is 60.8 Å². The molecule has 192 valence electrons. The van der Waals surface area contributed by atoms with Gasteiger partial charge in [-0.25, -0.2) is 4.98 Å². The third-order valence-corrected chi connectivity index (χ3v) is 8.59. The number of aromatic nitrogens is 1. The number of benzene rings is 2. The van der Waals surface area contributed by atoms with Crippen LogP contribution in [0.1, 0.15) is 32.1 Å². The van der Waals surface area contributed by atoms with E-state index in [9.17, 15) is 4.79 Å². The highest BCUT2D eigenvalue weighted by atomic mass is 35.5. The van der Waals surface area contributed by atoms with Crippen LogP contribution in [-0.2, 0) is 19.5 Å². The van der Waals surface area contributed by atoms with Gasteiger partial charge in [0.25, 0.3) is 0 Å². The molecular formula is C29H32ClN5OS. The highest BCUT2D eigenvalue weighted by molar-refractivity contribution is 7.14. The number of Topliss-reactive ketones (excluding diaryl/α,β-unsaturated/α-hetero) is 1. The quantitative estimate of drug-likeness (QED) is 0.281. The third kappa shape index (κ3) is 6.13. The van der Waals surface area contributed by atoms with Crippen LogP contribution >= 0.6 is 22.9 Å². The molecule has 2 aromatic heterocycles. The fourth-order valence-electron chi connectivity index (χ4n) is 4.78. The number of thiophene rings is 1. The van der Waals surface area contributed by atoms with E-state index < -0.39 is 0 Å². The van der Waals surface area contributed by atoms with Gasteiger partial charge in [0.1, 0.15) is 5.82 Å². The molecule has 37 heavy (non-hydrogen) atoms. The first-order valence-corrected chi connectivity index (χ1v) is 13.8. The number of hydrogen-bond donors (Lipinski definition) is 2. The number of nitrogen functional groups attached to an aromatic ring is 1. The lowest BCUT2D eigenvalue weighted by Crippen LogP contribution is -2.44. The molecule has 0 unspecified atom stereocenters. The number of halogens is 1. The Morgan fingerprint density at radius 2 is 1.89 bits per heavy atom. The van der Waals surface area contributed by atoms with Crippen molar-refractivity contribution >= 4 is 51.0 Å². The molecule has 8 heteroatoms. The van der Waals surface area contributed by atoms with Crippen LogP contribution in [0.25, 0.3) is 10.8 Å². The number of piperazine rings is 1. The summed E-state index contributed by atoms with van der Waals surface area (Å²) in [6, 6.07) is 18.4. The number of nitrogens with one attached hydrogen (secondary N) is 1. The minimum atomic E-state index is 0.118. The van der Waals surface area contributed by atoms with Gasteiger partial charge in [-0.15, -0.1) is 11.3 Å². The highest BCUT2D eigenvalue weighted by Crippen LogP contribution is 2.29. The second kappa shape index (κ2) is 11.6. The molecule has 5 rings (SSSR count). The number of aryl methyl sites for hydroxylation is 1. The fourth-order valence-corrected chi connectivity index (χ4v) is 6.12. The predicted molar refractivity (Wildman–Crippen MR) is 155 cm³/mol. The van der Waals surface area contributed by atoms with Gasteiger partial charge in [0.15, 0.2) is 5.78 Å². The molecule has 1 aliphatic heterocycles. The average Bonchev–Trinajstić information content (AvgIpc) is 3.28. The Morgan fingerprint density at radius 3 is 2.73 bits per heavy atom. The van der Waals surface area contributed by atoms with Gasteiger partial charge in [-0.3, -0.25) is 4.79 Å². The summed E-state index contributed by atoms with van der Waals surface area (Å²) in [5, 5.41) is 6.17. The highest BCUT2D eigenvalue weighted by Gasteiger charge is 2.17. The zero-order valence-electron chi connectivity index (χ0n) is 21.0. The monoisotopic (exact) mass is 533 g/mol. The van der Waals surface area contributed by atoms with E-state index in [1.807, 2.05) is 24.3 Å². The summed E-state index contributed by atoms with van der Waals surface area (Å²) in [4.78, 5) is 23.6. The van der Waals surface area contributed by atoms with E-state index in [-0.39, 0.29) is 5.78 Å². The Kier molecular flexibility index (Phi) is 8.05. The summed E-state index contributed by atoms with van der Waals surface area (Å²) in [6.07, 6.45) is 2.82. The number of nitrogens with zero attached hydrogens (tertiary/aromatic N) is 3. The van der Waals surface area contributed by atoms with Crippen molar-refractivity contribution in [3.63, 3.8) is 0 Å². The second-order valence-electron chi connectivity index (χ2n) is 9.58. The smallest absolute Gasteiger partial charge is 0.173 e. The van der Waals surface area contributed by atoms with Gasteiger partial charge in [0, 0.05) is 67.8 Å². The molecule has 0 spiro atoms.